The molecule has 0 atom stereocenters. The molecular weight excluding hydrogens is 520 g/mol. The fourth-order valence-corrected chi connectivity index (χ4v) is 7.48. The summed E-state index contributed by atoms with van der Waals surface area (Å²) in [7, 11) is 0. The Bertz CT molecular complexity index is 2570. The van der Waals surface area contributed by atoms with Crippen molar-refractivity contribution in [1.29, 1.82) is 0 Å². The Labute approximate surface area is 248 Å². The second-order valence-corrected chi connectivity index (χ2v) is 11.6. The van der Waals surface area contributed by atoms with Gasteiger partial charge in [-0.1, -0.05) is 127 Å². The van der Waals surface area contributed by atoms with Crippen molar-refractivity contribution >= 4 is 53.9 Å². The van der Waals surface area contributed by atoms with Crippen molar-refractivity contribution in [2.45, 2.75) is 0 Å². The Hall–Kier alpha value is -5.66. The molecule has 198 valence electrons. The highest BCUT2D eigenvalue weighted by Gasteiger charge is 2.22. The third kappa shape index (κ3) is 3.17. The molecule has 0 aromatic heterocycles. The molecule has 0 unspecified atom stereocenters. The third-order valence-electron chi connectivity index (χ3n) is 9.41. The monoisotopic (exact) mass is 544 g/mol. The van der Waals surface area contributed by atoms with E-state index in [4.69, 9.17) is 4.74 Å². The fourth-order valence-electron chi connectivity index (χ4n) is 7.48. The van der Waals surface area contributed by atoms with Crippen LogP contribution in [0.1, 0.15) is 0 Å². The zero-order valence-corrected chi connectivity index (χ0v) is 23.3. The molecule has 0 spiro atoms. The normalized spacial score (nSPS) is 12.4. The standard InChI is InChI=1S/C42H24O/c1-2-13-38-33(9-1)35-12-5-11-34-32(22-23-39(43-38)42(34)35)31-10-4-6-25-14-17-29(24-37(25)31)30-20-18-28-16-15-26-7-3-8-27-19-21-36(30)41(28)40(26)27/h1-24H. The van der Waals surface area contributed by atoms with Gasteiger partial charge in [0.15, 0.2) is 0 Å². The Kier molecular flexibility index (Phi) is 4.51. The van der Waals surface area contributed by atoms with Crippen LogP contribution in [-0.2, 0) is 0 Å². The van der Waals surface area contributed by atoms with Crippen LogP contribution in [0.2, 0.25) is 0 Å². The summed E-state index contributed by atoms with van der Waals surface area (Å²) < 4.78 is 6.39. The molecule has 1 heterocycles. The minimum atomic E-state index is 0.915. The molecule has 0 aliphatic carbocycles. The van der Waals surface area contributed by atoms with Crippen molar-refractivity contribution in [3.05, 3.63) is 146 Å². The molecule has 9 aromatic rings. The van der Waals surface area contributed by atoms with Gasteiger partial charge >= 0.3 is 0 Å². The smallest absolute Gasteiger partial charge is 0.135 e. The molecule has 0 amide bonds. The van der Waals surface area contributed by atoms with Crippen LogP contribution in [0, 0.1) is 0 Å². The highest BCUT2D eigenvalue weighted by atomic mass is 16.5. The van der Waals surface area contributed by atoms with Crippen molar-refractivity contribution in [3.63, 3.8) is 0 Å². The first-order chi connectivity index (χ1) is 21.3. The summed E-state index contributed by atoms with van der Waals surface area (Å²) in [4.78, 5) is 0. The van der Waals surface area contributed by atoms with Crippen molar-refractivity contribution in [3.8, 4) is 44.9 Å². The van der Waals surface area contributed by atoms with Crippen LogP contribution in [0.25, 0.3) is 87.2 Å². The predicted octanol–water partition coefficient (Wildman–Crippen LogP) is 12.0. The van der Waals surface area contributed by atoms with E-state index in [0.717, 1.165) is 17.1 Å². The zero-order chi connectivity index (χ0) is 28.1. The van der Waals surface area contributed by atoms with E-state index in [0.29, 0.717) is 0 Å². The second-order valence-electron chi connectivity index (χ2n) is 11.6. The number of ether oxygens (including phenoxy) is 1. The summed E-state index contributed by atoms with van der Waals surface area (Å²) in [6.07, 6.45) is 0. The van der Waals surface area contributed by atoms with Gasteiger partial charge in [-0.2, -0.15) is 0 Å². The summed E-state index contributed by atoms with van der Waals surface area (Å²) in [5, 5.41) is 12.8. The van der Waals surface area contributed by atoms with Crippen LogP contribution < -0.4 is 4.74 Å². The molecule has 1 nitrogen and oxygen atoms in total. The van der Waals surface area contributed by atoms with Crippen LogP contribution in [-0.4, -0.2) is 0 Å². The first-order valence-electron chi connectivity index (χ1n) is 14.8. The molecule has 0 saturated heterocycles. The Balaban J connectivity index is 1.22. The van der Waals surface area contributed by atoms with Gasteiger partial charge in [0.05, 0.1) is 0 Å². The summed E-state index contributed by atoms with van der Waals surface area (Å²) in [5.74, 6) is 1.83. The predicted molar refractivity (Wildman–Crippen MR) is 182 cm³/mol. The maximum atomic E-state index is 6.39. The molecule has 43 heavy (non-hydrogen) atoms. The van der Waals surface area contributed by atoms with Gasteiger partial charge in [-0.25, -0.2) is 0 Å². The van der Waals surface area contributed by atoms with Crippen LogP contribution in [0.3, 0.4) is 0 Å². The van der Waals surface area contributed by atoms with Gasteiger partial charge in [0, 0.05) is 10.9 Å². The second kappa shape index (κ2) is 8.44. The van der Waals surface area contributed by atoms with Gasteiger partial charge in [0.25, 0.3) is 0 Å². The lowest BCUT2D eigenvalue weighted by atomic mass is 9.87. The van der Waals surface area contributed by atoms with Gasteiger partial charge in [-0.3, -0.25) is 0 Å². The van der Waals surface area contributed by atoms with E-state index in [1.165, 1.54) is 81.7 Å². The summed E-state index contributed by atoms with van der Waals surface area (Å²) in [6.45, 7) is 0. The Morgan fingerprint density at radius 1 is 0.302 bits per heavy atom. The molecule has 0 radical (unpaired) electrons. The first kappa shape index (κ1) is 23.0. The molecule has 9 aromatic carbocycles. The fraction of sp³-hybridized carbons (Fsp3) is 0. The van der Waals surface area contributed by atoms with Crippen LogP contribution in [0.5, 0.6) is 11.5 Å². The SMILES string of the molecule is c1ccc2c(c1)Oc1ccc(-c3cccc4ccc(-c5ccc6ccc7cccc8ccc5c6c78)cc34)c3cccc-2c13. The van der Waals surface area contributed by atoms with Crippen molar-refractivity contribution in [2.24, 2.45) is 0 Å². The maximum Gasteiger partial charge on any atom is 0.135 e. The number of hydrogen-bond acceptors (Lipinski definition) is 1. The summed E-state index contributed by atoms with van der Waals surface area (Å²) in [5.41, 5.74) is 7.33. The van der Waals surface area contributed by atoms with Gasteiger partial charge in [-0.15, -0.1) is 0 Å². The zero-order valence-electron chi connectivity index (χ0n) is 23.3. The topological polar surface area (TPSA) is 9.23 Å². The lowest BCUT2D eigenvalue weighted by Crippen LogP contribution is -1.97. The molecule has 1 heteroatoms. The minimum absolute atomic E-state index is 0.915. The lowest BCUT2D eigenvalue weighted by molar-refractivity contribution is 0.487. The number of benzene rings is 9. The molecule has 0 fully saturated rings. The Morgan fingerprint density at radius 3 is 1.86 bits per heavy atom. The van der Waals surface area contributed by atoms with E-state index >= 15 is 0 Å². The maximum absolute atomic E-state index is 6.39. The van der Waals surface area contributed by atoms with E-state index < -0.39 is 0 Å². The number of rotatable bonds is 2. The summed E-state index contributed by atoms with van der Waals surface area (Å²) in [6, 6.07) is 53.2. The molecule has 0 bridgehead atoms. The third-order valence-corrected chi connectivity index (χ3v) is 9.41. The van der Waals surface area contributed by atoms with Crippen LogP contribution >= 0.6 is 0 Å². The minimum Gasteiger partial charge on any atom is -0.456 e. The lowest BCUT2D eigenvalue weighted by Gasteiger charge is -2.22. The molecule has 0 saturated carbocycles. The Morgan fingerprint density at radius 2 is 0.930 bits per heavy atom. The largest absolute Gasteiger partial charge is 0.456 e. The number of para-hydroxylation sites is 1. The molecule has 0 N–H and O–H groups in total. The van der Waals surface area contributed by atoms with Gasteiger partial charge in [0.2, 0.25) is 0 Å². The highest BCUT2D eigenvalue weighted by molar-refractivity contribution is 6.25. The molecule has 1 aliphatic rings. The molecule has 10 rings (SSSR count). The quantitative estimate of drug-likeness (QED) is 0.197. The summed E-state index contributed by atoms with van der Waals surface area (Å²) >= 11 is 0. The van der Waals surface area contributed by atoms with Crippen molar-refractivity contribution in [2.75, 3.05) is 0 Å². The van der Waals surface area contributed by atoms with Gasteiger partial charge < -0.3 is 4.74 Å². The number of hydrogen-bond donors (Lipinski definition) is 0. The van der Waals surface area contributed by atoms with E-state index in [1.54, 1.807) is 0 Å². The van der Waals surface area contributed by atoms with E-state index in [-0.39, 0.29) is 0 Å². The van der Waals surface area contributed by atoms with Crippen molar-refractivity contribution < 1.29 is 4.74 Å². The first-order valence-corrected chi connectivity index (χ1v) is 14.8. The van der Waals surface area contributed by atoms with Gasteiger partial charge in [-0.05, 0) is 94.5 Å². The van der Waals surface area contributed by atoms with E-state index in [9.17, 15) is 0 Å². The average Bonchev–Trinajstić information content (AvgIpc) is 3.07. The van der Waals surface area contributed by atoms with E-state index in [1.807, 2.05) is 6.07 Å². The highest BCUT2D eigenvalue weighted by Crippen LogP contribution is 2.49. The molecular formula is C42H24O. The number of fused-ring (bicyclic) bond motifs is 3. The van der Waals surface area contributed by atoms with Crippen LogP contribution in [0.15, 0.2) is 146 Å². The van der Waals surface area contributed by atoms with Crippen LogP contribution in [0.4, 0.5) is 0 Å². The van der Waals surface area contributed by atoms with Crippen molar-refractivity contribution in [1.82, 2.24) is 0 Å². The van der Waals surface area contributed by atoms with Gasteiger partial charge in [0.1, 0.15) is 11.5 Å². The molecule has 1 aliphatic heterocycles. The average molecular weight is 545 g/mol. The van der Waals surface area contributed by atoms with E-state index in [2.05, 4.69) is 140 Å².